The molecule has 0 radical (unpaired) electrons. The number of benzene rings is 1. The Morgan fingerprint density at radius 1 is 1.12 bits per heavy atom. The number of amides is 4. The van der Waals surface area contributed by atoms with Gasteiger partial charge in [0.1, 0.15) is 0 Å². The fraction of sp³-hybridized carbons (Fsp3) is 0.353. The minimum Gasteiger partial charge on any atom is -0.370 e. The summed E-state index contributed by atoms with van der Waals surface area (Å²) < 4.78 is 0. The van der Waals surface area contributed by atoms with Crippen molar-refractivity contribution in [3.05, 3.63) is 42.0 Å². The number of urea groups is 1. The molecular formula is C17H19N3O4. The fourth-order valence-electron chi connectivity index (χ4n) is 3.54. The van der Waals surface area contributed by atoms with E-state index in [1.165, 1.54) is 25.1 Å². The van der Waals surface area contributed by atoms with Gasteiger partial charge in [0.25, 0.3) is 5.91 Å². The minimum absolute atomic E-state index is 0.227. The van der Waals surface area contributed by atoms with E-state index in [4.69, 9.17) is 0 Å². The van der Waals surface area contributed by atoms with Gasteiger partial charge in [-0.15, -0.1) is 0 Å². The molecule has 2 atom stereocenters. The molecule has 0 saturated carbocycles. The van der Waals surface area contributed by atoms with Gasteiger partial charge in [-0.2, -0.15) is 0 Å². The lowest BCUT2D eigenvalue weighted by Crippen LogP contribution is -2.74. The van der Waals surface area contributed by atoms with Gasteiger partial charge in [0, 0.05) is 32.3 Å². The van der Waals surface area contributed by atoms with Gasteiger partial charge in [-0.05, 0) is 12.5 Å². The normalized spacial score (nSPS) is 27.3. The summed E-state index contributed by atoms with van der Waals surface area (Å²) in [6.07, 6.45) is -0.0937. The third-order valence-corrected chi connectivity index (χ3v) is 4.73. The van der Waals surface area contributed by atoms with Crippen molar-refractivity contribution in [1.82, 2.24) is 14.7 Å². The molecule has 2 aliphatic rings. The molecule has 1 aromatic rings. The number of carbonyl (C=O) groups is 3. The van der Waals surface area contributed by atoms with Crippen molar-refractivity contribution >= 4 is 23.4 Å². The Morgan fingerprint density at radius 2 is 1.75 bits per heavy atom. The van der Waals surface area contributed by atoms with E-state index in [1.807, 2.05) is 6.07 Å². The number of imide groups is 1. The molecule has 3 rings (SSSR count). The van der Waals surface area contributed by atoms with Gasteiger partial charge >= 0.3 is 6.03 Å². The maximum absolute atomic E-state index is 13.1. The molecular weight excluding hydrogens is 310 g/mol. The number of hydrogen-bond donors (Lipinski definition) is 1. The second-order valence-corrected chi connectivity index (χ2v) is 5.90. The first-order valence-corrected chi connectivity index (χ1v) is 7.69. The number of aliphatic hydroxyl groups excluding tert-OH is 1. The molecule has 1 spiro atoms. The Labute approximate surface area is 139 Å². The lowest BCUT2D eigenvalue weighted by Gasteiger charge is -2.50. The quantitative estimate of drug-likeness (QED) is 0.857. The standard InChI is InChI=1S/C17H19N3O4/c1-4-20-13(21)10-12(11-8-6-5-7-9-11)17(20)14(22)18(2)16(24)19(3)15(17)23/h5-10,14,22H,4H2,1-3H3. The van der Waals surface area contributed by atoms with Crippen LogP contribution in [0, 0.1) is 0 Å². The van der Waals surface area contributed by atoms with Crippen LogP contribution < -0.4 is 0 Å². The lowest BCUT2D eigenvalue weighted by atomic mass is 9.81. The van der Waals surface area contributed by atoms with E-state index in [9.17, 15) is 19.5 Å². The molecule has 2 heterocycles. The molecule has 1 aromatic carbocycles. The van der Waals surface area contributed by atoms with Gasteiger partial charge in [0.2, 0.25) is 5.91 Å². The average molecular weight is 329 g/mol. The monoisotopic (exact) mass is 329 g/mol. The maximum Gasteiger partial charge on any atom is 0.328 e. The third kappa shape index (κ3) is 1.85. The van der Waals surface area contributed by atoms with Crippen LogP contribution in [0.2, 0.25) is 0 Å². The highest BCUT2D eigenvalue weighted by Crippen LogP contribution is 2.44. The van der Waals surface area contributed by atoms with Crippen molar-refractivity contribution in [1.29, 1.82) is 0 Å². The summed E-state index contributed by atoms with van der Waals surface area (Å²) in [5, 5.41) is 10.9. The maximum atomic E-state index is 13.1. The predicted molar refractivity (Wildman–Crippen MR) is 86.5 cm³/mol. The Balaban J connectivity index is 2.26. The van der Waals surface area contributed by atoms with Gasteiger partial charge in [0.15, 0.2) is 11.8 Å². The first kappa shape index (κ1) is 16.2. The Hall–Kier alpha value is -2.67. The van der Waals surface area contributed by atoms with Crippen molar-refractivity contribution < 1.29 is 19.5 Å². The Morgan fingerprint density at radius 3 is 2.33 bits per heavy atom. The van der Waals surface area contributed by atoms with Crippen molar-refractivity contribution in [3.63, 3.8) is 0 Å². The highest BCUT2D eigenvalue weighted by Gasteiger charge is 2.64. The van der Waals surface area contributed by atoms with E-state index in [0.29, 0.717) is 11.1 Å². The van der Waals surface area contributed by atoms with E-state index in [0.717, 1.165) is 9.80 Å². The SMILES string of the molecule is CCN1C(=O)C=C(c2ccccc2)C12C(=O)N(C)C(=O)N(C)C2O. The van der Waals surface area contributed by atoms with Gasteiger partial charge in [-0.1, -0.05) is 30.3 Å². The summed E-state index contributed by atoms with van der Waals surface area (Å²) in [6.45, 7) is 1.96. The van der Waals surface area contributed by atoms with Crippen LogP contribution in [0.5, 0.6) is 0 Å². The zero-order valence-corrected chi connectivity index (χ0v) is 13.8. The summed E-state index contributed by atoms with van der Waals surface area (Å²) in [6, 6.07) is 8.35. The molecule has 7 heteroatoms. The number of nitrogens with zero attached hydrogens (tertiary/aromatic N) is 3. The fourth-order valence-corrected chi connectivity index (χ4v) is 3.54. The van der Waals surface area contributed by atoms with Gasteiger partial charge in [-0.25, -0.2) is 4.79 Å². The molecule has 126 valence electrons. The molecule has 0 aromatic heterocycles. The smallest absolute Gasteiger partial charge is 0.328 e. The van der Waals surface area contributed by atoms with Crippen molar-refractivity contribution in [2.45, 2.75) is 18.7 Å². The van der Waals surface area contributed by atoms with Gasteiger partial charge < -0.3 is 10.0 Å². The second-order valence-electron chi connectivity index (χ2n) is 5.90. The van der Waals surface area contributed by atoms with E-state index in [1.54, 1.807) is 31.2 Å². The molecule has 0 aliphatic carbocycles. The van der Waals surface area contributed by atoms with Crippen LogP contribution in [0.1, 0.15) is 12.5 Å². The van der Waals surface area contributed by atoms with E-state index < -0.39 is 23.7 Å². The summed E-state index contributed by atoms with van der Waals surface area (Å²) in [4.78, 5) is 41.1. The molecule has 0 bridgehead atoms. The topological polar surface area (TPSA) is 81.2 Å². The van der Waals surface area contributed by atoms with Crippen LogP contribution in [0.4, 0.5) is 4.79 Å². The lowest BCUT2D eigenvalue weighted by molar-refractivity contribution is -0.163. The number of hydrogen-bond acceptors (Lipinski definition) is 4. The Bertz CT molecular complexity index is 745. The Kier molecular flexibility index (Phi) is 3.68. The molecule has 7 nitrogen and oxygen atoms in total. The molecule has 4 amide bonds. The molecule has 1 saturated heterocycles. The second kappa shape index (κ2) is 5.45. The summed E-state index contributed by atoms with van der Waals surface area (Å²) >= 11 is 0. The van der Waals surface area contributed by atoms with Crippen LogP contribution in [-0.4, -0.2) is 70.1 Å². The van der Waals surface area contributed by atoms with Crippen LogP contribution in [0.15, 0.2) is 36.4 Å². The third-order valence-electron chi connectivity index (χ3n) is 4.73. The molecule has 1 fully saturated rings. The first-order chi connectivity index (χ1) is 11.4. The number of aliphatic hydroxyl groups is 1. The molecule has 2 unspecified atom stereocenters. The zero-order chi connectivity index (χ0) is 17.6. The zero-order valence-electron chi connectivity index (χ0n) is 13.8. The van der Waals surface area contributed by atoms with Crippen LogP contribution in [0.25, 0.3) is 5.57 Å². The van der Waals surface area contributed by atoms with Crippen LogP contribution >= 0.6 is 0 Å². The predicted octanol–water partition coefficient (Wildman–Crippen LogP) is 0.513. The van der Waals surface area contributed by atoms with E-state index in [-0.39, 0.29) is 12.5 Å². The van der Waals surface area contributed by atoms with Gasteiger partial charge in [-0.3, -0.25) is 19.4 Å². The highest BCUT2D eigenvalue weighted by atomic mass is 16.3. The molecule has 24 heavy (non-hydrogen) atoms. The van der Waals surface area contributed by atoms with E-state index >= 15 is 0 Å². The highest BCUT2D eigenvalue weighted by molar-refractivity contribution is 6.18. The van der Waals surface area contributed by atoms with E-state index in [2.05, 4.69) is 0 Å². The van der Waals surface area contributed by atoms with Crippen molar-refractivity contribution in [2.24, 2.45) is 0 Å². The number of likely N-dealkylation sites (N-methyl/N-ethyl adjacent to an activating group) is 3. The summed E-state index contributed by atoms with van der Waals surface area (Å²) in [5.74, 6) is -0.971. The average Bonchev–Trinajstić information content (AvgIpc) is 2.91. The number of carbonyl (C=O) groups excluding carboxylic acids is 3. The minimum atomic E-state index is -1.63. The van der Waals surface area contributed by atoms with Crippen molar-refractivity contribution in [2.75, 3.05) is 20.6 Å². The number of rotatable bonds is 2. The summed E-state index contributed by atoms with van der Waals surface area (Å²) in [5.41, 5.74) is -0.575. The van der Waals surface area contributed by atoms with Crippen molar-refractivity contribution in [3.8, 4) is 0 Å². The van der Waals surface area contributed by atoms with Crippen LogP contribution in [0.3, 0.4) is 0 Å². The van der Waals surface area contributed by atoms with Crippen LogP contribution in [-0.2, 0) is 9.59 Å². The molecule has 1 N–H and O–H groups in total. The summed E-state index contributed by atoms with van der Waals surface area (Å²) in [7, 11) is 2.77. The molecule has 2 aliphatic heterocycles. The largest absolute Gasteiger partial charge is 0.370 e. The van der Waals surface area contributed by atoms with Gasteiger partial charge in [0.05, 0.1) is 0 Å². The first-order valence-electron chi connectivity index (χ1n) is 7.69.